The number of carbonyl (C=O) groups excluding carboxylic acids is 1. The fourth-order valence-electron chi connectivity index (χ4n) is 3.32. The van der Waals surface area contributed by atoms with Crippen LogP contribution in [-0.4, -0.2) is 18.9 Å². The highest BCUT2D eigenvalue weighted by Gasteiger charge is 2.37. The van der Waals surface area contributed by atoms with Gasteiger partial charge in [0.05, 0.1) is 0 Å². The van der Waals surface area contributed by atoms with Crippen LogP contribution < -0.4 is 5.32 Å². The second kappa shape index (κ2) is 7.03. The molecular formula is C18H27NO. The van der Waals surface area contributed by atoms with Crippen molar-refractivity contribution in [2.24, 2.45) is 5.41 Å². The first kappa shape index (κ1) is 15.2. The highest BCUT2D eigenvalue weighted by molar-refractivity contribution is 5.87. The zero-order valence-electron chi connectivity index (χ0n) is 12.9. The lowest BCUT2D eigenvalue weighted by atomic mass is 9.70. The molecule has 1 saturated heterocycles. The highest BCUT2D eigenvalue weighted by Crippen LogP contribution is 2.36. The van der Waals surface area contributed by atoms with Crippen LogP contribution in [0, 0.1) is 5.41 Å². The maximum absolute atomic E-state index is 12.8. The van der Waals surface area contributed by atoms with E-state index in [1.54, 1.807) is 0 Å². The summed E-state index contributed by atoms with van der Waals surface area (Å²) in [6.07, 6.45) is 5.81. The van der Waals surface area contributed by atoms with E-state index in [1.165, 1.54) is 11.1 Å². The summed E-state index contributed by atoms with van der Waals surface area (Å²) in [4.78, 5) is 12.8. The molecule has 0 aliphatic carbocycles. The van der Waals surface area contributed by atoms with Gasteiger partial charge in [0, 0.05) is 11.8 Å². The summed E-state index contributed by atoms with van der Waals surface area (Å²) in [7, 11) is 0. The molecule has 1 aromatic rings. The third-order valence-corrected chi connectivity index (χ3v) is 4.68. The maximum atomic E-state index is 12.8. The van der Waals surface area contributed by atoms with Crippen molar-refractivity contribution in [1.29, 1.82) is 0 Å². The van der Waals surface area contributed by atoms with Gasteiger partial charge in [0.2, 0.25) is 0 Å². The van der Waals surface area contributed by atoms with Crippen LogP contribution in [0.1, 0.15) is 50.7 Å². The first-order valence-electron chi connectivity index (χ1n) is 8.02. The van der Waals surface area contributed by atoms with Gasteiger partial charge in [-0.3, -0.25) is 4.79 Å². The van der Waals surface area contributed by atoms with Crippen molar-refractivity contribution < 1.29 is 4.79 Å². The van der Waals surface area contributed by atoms with Crippen LogP contribution in [0.5, 0.6) is 0 Å². The molecule has 0 atom stereocenters. The van der Waals surface area contributed by atoms with Crippen LogP contribution >= 0.6 is 0 Å². The molecule has 2 nitrogen and oxygen atoms in total. The molecule has 0 aromatic heterocycles. The summed E-state index contributed by atoms with van der Waals surface area (Å²) in [6, 6.07) is 8.55. The van der Waals surface area contributed by atoms with Crippen LogP contribution in [0.4, 0.5) is 0 Å². The molecular weight excluding hydrogens is 246 g/mol. The SMILES string of the molecule is CCCC1(C(=O)Cc2ccc(CC)cc2)CCNCC1. The fourth-order valence-corrected chi connectivity index (χ4v) is 3.32. The minimum Gasteiger partial charge on any atom is -0.317 e. The molecule has 1 aliphatic heterocycles. The van der Waals surface area contributed by atoms with Crippen LogP contribution in [-0.2, 0) is 17.6 Å². The standard InChI is InChI=1S/C18H27NO/c1-3-9-18(10-12-19-13-11-18)17(20)14-16-7-5-15(4-2)6-8-16/h5-8,19H,3-4,9-14H2,1-2H3. The number of hydrogen-bond donors (Lipinski definition) is 1. The van der Waals surface area contributed by atoms with Crippen LogP contribution in [0.2, 0.25) is 0 Å². The van der Waals surface area contributed by atoms with Gasteiger partial charge in [0.15, 0.2) is 0 Å². The number of piperidine rings is 1. The van der Waals surface area contributed by atoms with E-state index < -0.39 is 0 Å². The minimum atomic E-state index is -0.0660. The zero-order valence-corrected chi connectivity index (χ0v) is 12.9. The van der Waals surface area contributed by atoms with Gasteiger partial charge < -0.3 is 5.32 Å². The first-order valence-corrected chi connectivity index (χ1v) is 8.02. The molecule has 0 radical (unpaired) electrons. The molecule has 1 aliphatic rings. The van der Waals surface area contributed by atoms with Crippen molar-refractivity contribution in [2.75, 3.05) is 13.1 Å². The largest absolute Gasteiger partial charge is 0.317 e. The number of carbonyl (C=O) groups is 1. The predicted molar refractivity (Wildman–Crippen MR) is 84.0 cm³/mol. The van der Waals surface area contributed by atoms with Crippen LogP contribution in [0.25, 0.3) is 0 Å². The third-order valence-electron chi connectivity index (χ3n) is 4.68. The van der Waals surface area contributed by atoms with Crippen molar-refractivity contribution in [3.8, 4) is 0 Å². The van der Waals surface area contributed by atoms with E-state index in [4.69, 9.17) is 0 Å². The lowest BCUT2D eigenvalue weighted by molar-refractivity contribution is -0.130. The Kier molecular flexibility index (Phi) is 5.36. The number of benzene rings is 1. The minimum absolute atomic E-state index is 0.0660. The van der Waals surface area contributed by atoms with E-state index in [0.717, 1.165) is 45.2 Å². The van der Waals surface area contributed by atoms with E-state index in [1.807, 2.05) is 0 Å². The average molecular weight is 273 g/mol. The molecule has 0 unspecified atom stereocenters. The van der Waals surface area contributed by atoms with Crippen LogP contribution in [0.3, 0.4) is 0 Å². The highest BCUT2D eigenvalue weighted by atomic mass is 16.1. The van der Waals surface area contributed by atoms with Gasteiger partial charge in [0.1, 0.15) is 5.78 Å². The number of Topliss-reactive ketones (excluding diaryl/α,β-unsaturated/α-hetero) is 1. The summed E-state index contributed by atoms with van der Waals surface area (Å²) >= 11 is 0. The quantitative estimate of drug-likeness (QED) is 0.859. The fraction of sp³-hybridized carbons (Fsp3) is 0.611. The van der Waals surface area contributed by atoms with Crippen molar-refractivity contribution in [3.63, 3.8) is 0 Å². The van der Waals surface area contributed by atoms with Gasteiger partial charge in [-0.1, -0.05) is 44.5 Å². The summed E-state index contributed by atoms with van der Waals surface area (Å²) in [6.45, 7) is 6.32. The molecule has 2 rings (SSSR count). The van der Waals surface area contributed by atoms with Gasteiger partial charge in [0.25, 0.3) is 0 Å². The van der Waals surface area contributed by atoms with E-state index in [0.29, 0.717) is 12.2 Å². The predicted octanol–water partition coefficient (Wildman–Crippen LogP) is 3.53. The molecule has 110 valence electrons. The van der Waals surface area contributed by atoms with E-state index in [2.05, 4.69) is 43.4 Å². The molecule has 1 aromatic carbocycles. The lowest BCUT2D eigenvalue weighted by Crippen LogP contribution is -2.42. The van der Waals surface area contributed by atoms with Crippen molar-refractivity contribution in [1.82, 2.24) is 5.32 Å². The molecule has 1 heterocycles. The van der Waals surface area contributed by atoms with Gasteiger partial charge in [-0.15, -0.1) is 0 Å². The zero-order chi connectivity index (χ0) is 14.4. The number of hydrogen-bond acceptors (Lipinski definition) is 2. The van der Waals surface area contributed by atoms with E-state index in [9.17, 15) is 4.79 Å². The van der Waals surface area contributed by atoms with E-state index in [-0.39, 0.29) is 5.41 Å². The number of nitrogens with one attached hydrogen (secondary N) is 1. The van der Waals surface area contributed by atoms with Gasteiger partial charge in [-0.2, -0.15) is 0 Å². The van der Waals surface area contributed by atoms with Gasteiger partial charge >= 0.3 is 0 Å². The molecule has 0 saturated carbocycles. The van der Waals surface area contributed by atoms with Gasteiger partial charge in [-0.05, 0) is 49.9 Å². The number of ketones is 1. The lowest BCUT2D eigenvalue weighted by Gasteiger charge is -2.36. The molecule has 20 heavy (non-hydrogen) atoms. The normalized spacial score (nSPS) is 17.9. The first-order chi connectivity index (χ1) is 9.70. The molecule has 2 heteroatoms. The summed E-state index contributed by atoms with van der Waals surface area (Å²) in [5.74, 6) is 0.449. The molecule has 1 N–H and O–H groups in total. The molecule has 0 bridgehead atoms. The summed E-state index contributed by atoms with van der Waals surface area (Å²) in [5.41, 5.74) is 2.44. The summed E-state index contributed by atoms with van der Waals surface area (Å²) in [5, 5.41) is 3.38. The van der Waals surface area contributed by atoms with Crippen molar-refractivity contribution >= 4 is 5.78 Å². The number of aryl methyl sites for hydroxylation is 1. The Balaban J connectivity index is 2.07. The Bertz CT molecular complexity index is 424. The Hall–Kier alpha value is -1.15. The van der Waals surface area contributed by atoms with Crippen LogP contribution in [0.15, 0.2) is 24.3 Å². The monoisotopic (exact) mass is 273 g/mol. The molecule has 0 spiro atoms. The smallest absolute Gasteiger partial charge is 0.143 e. The molecule has 0 amide bonds. The average Bonchev–Trinajstić information content (AvgIpc) is 2.49. The Morgan fingerprint density at radius 1 is 1.10 bits per heavy atom. The Morgan fingerprint density at radius 3 is 2.25 bits per heavy atom. The maximum Gasteiger partial charge on any atom is 0.143 e. The third kappa shape index (κ3) is 3.49. The second-order valence-electron chi connectivity index (χ2n) is 6.05. The Labute approximate surface area is 123 Å². The second-order valence-corrected chi connectivity index (χ2v) is 6.05. The van der Waals surface area contributed by atoms with Crippen molar-refractivity contribution in [2.45, 2.75) is 52.4 Å². The topological polar surface area (TPSA) is 29.1 Å². The Morgan fingerprint density at radius 2 is 1.70 bits per heavy atom. The summed E-state index contributed by atoms with van der Waals surface area (Å²) < 4.78 is 0. The van der Waals surface area contributed by atoms with E-state index >= 15 is 0 Å². The molecule has 1 fully saturated rings. The number of rotatable bonds is 6. The van der Waals surface area contributed by atoms with Crippen molar-refractivity contribution in [3.05, 3.63) is 35.4 Å². The van der Waals surface area contributed by atoms with Gasteiger partial charge in [-0.25, -0.2) is 0 Å².